The molecule has 2 aliphatic rings. The van der Waals surface area contributed by atoms with Gasteiger partial charge in [-0.25, -0.2) is 9.18 Å². The second kappa shape index (κ2) is 12.1. The summed E-state index contributed by atoms with van der Waals surface area (Å²) >= 11 is 0. The highest BCUT2D eigenvalue weighted by Gasteiger charge is 2.34. The number of carbonyl (C=O) groups is 2. The number of ether oxygens (including phenoxy) is 1. The molecule has 210 valence electrons. The predicted molar refractivity (Wildman–Crippen MR) is 152 cm³/mol. The molecule has 39 heavy (non-hydrogen) atoms. The number of benzene rings is 2. The number of rotatable bonds is 9. The lowest BCUT2D eigenvalue weighted by atomic mass is 9.84. The molecule has 1 N–H and O–H groups in total. The quantitative estimate of drug-likeness (QED) is 0.336. The molecule has 1 fully saturated rings. The third-order valence-corrected chi connectivity index (χ3v) is 8.08. The molecule has 6 heteroatoms. The molecule has 2 aromatic carbocycles. The van der Waals surface area contributed by atoms with Crippen LogP contribution in [0.15, 0.2) is 30.3 Å². The average Bonchev–Trinajstić information content (AvgIpc) is 3.32. The van der Waals surface area contributed by atoms with Crippen molar-refractivity contribution in [1.29, 1.82) is 0 Å². The van der Waals surface area contributed by atoms with Crippen LogP contribution in [0.3, 0.4) is 0 Å². The van der Waals surface area contributed by atoms with E-state index >= 15 is 0 Å². The van der Waals surface area contributed by atoms with Crippen LogP contribution in [0.1, 0.15) is 109 Å². The van der Waals surface area contributed by atoms with Gasteiger partial charge in [0.15, 0.2) is 11.9 Å². The number of carboxylic acid groups (broad SMARTS) is 1. The van der Waals surface area contributed by atoms with Gasteiger partial charge in [0.1, 0.15) is 5.82 Å². The predicted octanol–water partition coefficient (Wildman–Crippen LogP) is 7.57. The van der Waals surface area contributed by atoms with Crippen molar-refractivity contribution in [3.05, 3.63) is 75.1 Å². The Hall–Kier alpha value is -2.83. The number of halogens is 1. The maximum atomic E-state index is 13.6. The number of carbonyl (C=O) groups excluding carboxylic acids is 1. The molecule has 2 aromatic rings. The van der Waals surface area contributed by atoms with E-state index < -0.39 is 23.5 Å². The fourth-order valence-electron chi connectivity index (χ4n) is 6.03. The van der Waals surface area contributed by atoms with E-state index in [1.54, 1.807) is 12.1 Å². The maximum absolute atomic E-state index is 13.6. The van der Waals surface area contributed by atoms with E-state index in [0.717, 1.165) is 27.8 Å². The van der Waals surface area contributed by atoms with Crippen LogP contribution in [-0.2, 0) is 22.6 Å². The second-order valence-electron chi connectivity index (χ2n) is 12.1. The van der Waals surface area contributed by atoms with Crippen LogP contribution in [0.5, 0.6) is 0 Å². The number of aliphatic carboxylic acids is 1. The van der Waals surface area contributed by atoms with E-state index in [0.29, 0.717) is 37.5 Å². The summed E-state index contributed by atoms with van der Waals surface area (Å²) in [6.07, 6.45) is 9.72. The first-order valence-electron chi connectivity index (χ1n) is 14.2. The second-order valence-corrected chi connectivity index (χ2v) is 12.1. The number of hydrogen-bond donors (Lipinski definition) is 1. The molecular formula is C33H42FNO4. The summed E-state index contributed by atoms with van der Waals surface area (Å²) in [5.41, 5.74) is 5.81. The molecule has 4 rings (SSSR count). The lowest BCUT2D eigenvalue weighted by molar-refractivity contribution is -0.160. The molecule has 0 unspecified atom stereocenters. The lowest BCUT2D eigenvalue weighted by Crippen LogP contribution is -2.29. The summed E-state index contributed by atoms with van der Waals surface area (Å²) in [7, 11) is 0. The van der Waals surface area contributed by atoms with Crippen molar-refractivity contribution < 1.29 is 23.8 Å². The summed E-state index contributed by atoms with van der Waals surface area (Å²) in [5.74, 6) is -0.973. The molecule has 0 aromatic heterocycles. The third kappa shape index (κ3) is 7.03. The van der Waals surface area contributed by atoms with E-state index in [4.69, 9.17) is 4.74 Å². The minimum absolute atomic E-state index is 0.0831. The van der Waals surface area contributed by atoms with Crippen LogP contribution in [0.4, 0.5) is 4.39 Å². The molecule has 1 aliphatic carbocycles. The van der Waals surface area contributed by atoms with Crippen LogP contribution >= 0.6 is 0 Å². The number of Topliss-reactive ketones (excluding diaryl/α,β-unsaturated/α-hetero) is 1. The first-order chi connectivity index (χ1) is 18.4. The molecule has 5 nitrogen and oxygen atoms in total. The van der Waals surface area contributed by atoms with Gasteiger partial charge in [0.25, 0.3) is 0 Å². The van der Waals surface area contributed by atoms with Gasteiger partial charge in [-0.05, 0) is 93.3 Å². The fourth-order valence-corrected chi connectivity index (χ4v) is 6.03. The SMILES string of the molecule is Cc1c(/C=C/C2CCCCC2)c([C@H](OC(C)(C)C)C(=O)O)c(C)c2c1CN(CCC(=O)c1cccc(F)c1)C2. The van der Waals surface area contributed by atoms with Gasteiger partial charge in [-0.3, -0.25) is 9.69 Å². The summed E-state index contributed by atoms with van der Waals surface area (Å²) in [4.78, 5) is 27.5. The van der Waals surface area contributed by atoms with Crippen molar-refractivity contribution in [2.45, 2.75) is 97.9 Å². The molecule has 1 saturated carbocycles. The van der Waals surface area contributed by atoms with Crippen molar-refractivity contribution in [3.8, 4) is 0 Å². The topological polar surface area (TPSA) is 66.8 Å². The smallest absolute Gasteiger partial charge is 0.337 e. The molecule has 0 amide bonds. The molecule has 0 saturated heterocycles. The van der Waals surface area contributed by atoms with Gasteiger partial charge in [-0.2, -0.15) is 0 Å². The summed E-state index contributed by atoms with van der Waals surface area (Å²) in [6.45, 7) is 11.6. The Labute approximate surface area is 232 Å². The molecule has 0 bridgehead atoms. The standard InChI is InChI=1S/C33H42FNO4/c1-21-26(15-14-23-10-7-6-8-11-23)30(31(32(37)38)39-33(3,4)5)22(2)28-20-35(19-27(21)28)17-16-29(36)24-12-9-13-25(34)18-24/h9,12-15,18,23,31H,6-8,10-11,16-17,19-20H2,1-5H3,(H,37,38)/b15-14+/t31-/m0/s1. The number of fused-ring (bicyclic) bond motifs is 1. The fraction of sp³-hybridized carbons (Fsp3) is 0.515. The van der Waals surface area contributed by atoms with Gasteiger partial charge in [0.2, 0.25) is 0 Å². The summed E-state index contributed by atoms with van der Waals surface area (Å²) < 4.78 is 19.8. The first-order valence-corrected chi connectivity index (χ1v) is 14.2. The minimum Gasteiger partial charge on any atom is -0.479 e. The Morgan fingerprint density at radius 2 is 1.77 bits per heavy atom. The van der Waals surface area contributed by atoms with Gasteiger partial charge in [0.05, 0.1) is 5.60 Å². The minimum atomic E-state index is -1.08. The number of nitrogens with zero attached hydrogens (tertiary/aromatic N) is 1. The zero-order chi connectivity index (χ0) is 28.3. The largest absolute Gasteiger partial charge is 0.479 e. The van der Waals surface area contributed by atoms with Gasteiger partial charge < -0.3 is 9.84 Å². The monoisotopic (exact) mass is 535 g/mol. The molecule has 1 atom stereocenters. The van der Waals surface area contributed by atoms with Crippen LogP contribution in [0.2, 0.25) is 0 Å². The molecular weight excluding hydrogens is 493 g/mol. The van der Waals surface area contributed by atoms with Gasteiger partial charge in [0, 0.05) is 37.2 Å². The van der Waals surface area contributed by atoms with Crippen molar-refractivity contribution in [2.24, 2.45) is 5.92 Å². The van der Waals surface area contributed by atoms with Crippen LogP contribution < -0.4 is 0 Å². The van der Waals surface area contributed by atoms with E-state index in [-0.39, 0.29) is 5.78 Å². The Kier molecular flexibility index (Phi) is 9.07. The third-order valence-electron chi connectivity index (χ3n) is 8.08. The van der Waals surface area contributed by atoms with E-state index in [1.165, 1.54) is 49.8 Å². The van der Waals surface area contributed by atoms with Crippen molar-refractivity contribution in [2.75, 3.05) is 6.54 Å². The van der Waals surface area contributed by atoms with E-state index in [9.17, 15) is 19.1 Å². The molecule has 1 heterocycles. The highest BCUT2D eigenvalue weighted by molar-refractivity contribution is 5.96. The Morgan fingerprint density at radius 1 is 1.10 bits per heavy atom. The highest BCUT2D eigenvalue weighted by Crippen LogP contribution is 2.40. The molecule has 0 spiro atoms. The number of allylic oxidation sites excluding steroid dienone is 1. The Balaban J connectivity index is 1.66. The average molecular weight is 536 g/mol. The lowest BCUT2D eigenvalue weighted by Gasteiger charge is -2.29. The van der Waals surface area contributed by atoms with Crippen LogP contribution in [0.25, 0.3) is 6.08 Å². The van der Waals surface area contributed by atoms with Crippen LogP contribution in [0, 0.1) is 25.6 Å². The van der Waals surface area contributed by atoms with Crippen LogP contribution in [-0.4, -0.2) is 33.9 Å². The van der Waals surface area contributed by atoms with Crippen molar-refractivity contribution in [3.63, 3.8) is 0 Å². The number of carboxylic acids is 1. The first kappa shape index (κ1) is 29.2. The zero-order valence-electron chi connectivity index (χ0n) is 24.0. The number of ketones is 1. The Bertz CT molecular complexity index is 1250. The summed E-state index contributed by atoms with van der Waals surface area (Å²) in [6, 6.07) is 5.83. The van der Waals surface area contributed by atoms with Gasteiger partial charge in [-0.1, -0.05) is 43.5 Å². The van der Waals surface area contributed by atoms with Gasteiger partial charge in [-0.15, -0.1) is 0 Å². The Morgan fingerprint density at radius 3 is 2.38 bits per heavy atom. The van der Waals surface area contributed by atoms with Gasteiger partial charge >= 0.3 is 5.97 Å². The van der Waals surface area contributed by atoms with Crippen molar-refractivity contribution in [1.82, 2.24) is 4.90 Å². The summed E-state index contributed by atoms with van der Waals surface area (Å²) in [5, 5.41) is 10.3. The normalized spacial score (nSPS) is 17.5. The number of hydrogen-bond acceptors (Lipinski definition) is 4. The van der Waals surface area contributed by atoms with Crippen molar-refractivity contribution >= 4 is 17.8 Å². The zero-order valence-corrected chi connectivity index (χ0v) is 24.0. The molecule has 0 radical (unpaired) electrons. The maximum Gasteiger partial charge on any atom is 0.337 e. The molecule has 1 aliphatic heterocycles. The highest BCUT2D eigenvalue weighted by atomic mass is 19.1. The van der Waals surface area contributed by atoms with E-state index in [2.05, 4.69) is 24.0 Å². The van der Waals surface area contributed by atoms with E-state index in [1.807, 2.05) is 27.7 Å².